The van der Waals surface area contributed by atoms with E-state index in [0.717, 1.165) is 5.56 Å². The number of hydrogen-bond acceptors (Lipinski definition) is 7. The monoisotopic (exact) mass is 471 g/mol. The van der Waals surface area contributed by atoms with Crippen molar-refractivity contribution in [3.63, 3.8) is 0 Å². The van der Waals surface area contributed by atoms with Crippen LogP contribution in [0.5, 0.6) is 11.6 Å². The molecule has 3 rings (SSSR count). The Bertz CT molecular complexity index is 1010. The largest absolute Gasteiger partial charge is 0.496 e. The zero-order chi connectivity index (χ0) is 24.8. The number of carbonyl (C=O) groups excluding carboxylic acids is 2. The van der Waals surface area contributed by atoms with Crippen molar-refractivity contribution in [3.05, 3.63) is 42.1 Å². The molecular formula is C25H33N3O6. The van der Waals surface area contributed by atoms with Crippen LogP contribution in [0.2, 0.25) is 0 Å². The lowest BCUT2D eigenvalue weighted by molar-refractivity contribution is -0.135. The van der Waals surface area contributed by atoms with Crippen molar-refractivity contribution in [2.75, 3.05) is 47.6 Å². The molecule has 0 fully saturated rings. The standard InChI is InChI=1S/C25H33N3O6/c1-16-12-28(17(2)14-29)25(31)20-10-18(19-8-6-7-9-21(19)33-5)11-26-24(20)34-22(16)13-27(3)23(30)15-32-4/h6-11,16-17,22,29H,12-15H2,1-5H3/t16-,17-,22+/m0/s1. The zero-order valence-electron chi connectivity index (χ0n) is 20.4. The number of aliphatic hydroxyl groups excluding tert-OH is 1. The summed E-state index contributed by atoms with van der Waals surface area (Å²) in [4.78, 5) is 33.5. The molecule has 1 aliphatic heterocycles. The number of aliphatic hydroxyl groups is 1. The van der Waals surface area contributed by atoms with Crippen molar-refractivity contribution in [1.82, 2.24) is 14.8 Å². The smallest absolute Gasteiger partial charge is 0.259 e. The molecule has 1 N–H and O–H groups in total. The normalized spacial score (nSPS) is 18.9. The third-order valence-electron chi connectivity index (χ3n) is 6.09. The van der Waals surface area contributed by atoms with Gasteiger partial charge in [-0.15, -0.1) is 0 Å². The number of rotatable bonds is 8. The van der Waals surface area contributed by atoms with E-state index in [1.54, 1.807) is 43.1 Å². The van der Waals surface area contributed by atoms with E-state index in [-0.39, 0.29) is 36.8 Å². The minimum Gasteiger partial charge on any atom is -0.496 e. The summed E-state index contributed by atoms with van der Waals surface area (Å²) in [6.45, 7) is 4.21. The predicted octanol–water partition coefficient (Wildman–Crippen LogP) is 2.08. The number of ether oxygens (including phenoxy) is 3. The van der Waals surface area contributed by atoms with Gasteiger partial charge < -0.3 is 29.1 Å². The van der Waals surface area contributed by atoms with Gasteiger partial charge in [-0.05, 0) is 19.1 Å². The molecule has 1 aromatic heterocycles. The predicted molar refractivity (Wildman–Crippen MR) is 127 cm³/mol. The van der Waals surface area contributed by atoms with Gasteiger partial charge in [0.1, 0.15) is 24.0 Å². The van der Waals surface area contributed by atoms with Crippen LogP contribution in [0.15, 0.2) is 36.5 Å². The molecule has 34 heavy (non-hydrogen) atoms. The van der Waals surface area contributed by atoms with Crippen molar-refractivity contribution in [2.45, 2.75) is 26.0 Å². The molecule has 184 valence electrons. The maximum absolute atomic E-state index is 13.6. The van der Waals surface area contributed by atoms with Gasteiger partial charge in [0.25, 0.3) is 5.91 Å². The molecule has 0 aliphatic carbocycles. The Balaban J connectivity index is 2.04. The lowest BCUT2D eigenvalue weighted by atomic mass is 9.99. The van der Waals surface area contributed by atoms with Crippen LogP contribution in [0.3, 0.4) is 0 Å². The van der Waals surface area contributed by atoms with Crippen LogP contribution < -0.4 is 9.47 Å². The Kier molecular flexibility index (Phi) is 8.46. The van der Waals surface area contributed by atoms with Crippen molar-refractivity contribution in [2.24, 2.45) is 5.92 Å². The van der Waals surface area contributed by atoms with Crippen LogP contribution >= 0.6 is 0 Å². The van der Waals surface area contributed by atoms with Crippen LogP contribution in [0.1, 0.15) is 24.2 Å². The first-order valence-corrected chi connectivity index (χ1v) is 11.3. The quantitative estimate of drug-likeness (QED) is 0.629. The van der Waals surface area contributed by atoms with Gasteiger partial charge in [-0.2, -0.15) is 0 Å². The molecule has 0 radical (unpaired) electrons. The molecule has 9 heteroatoms. The van der Waals surface area contributed by atoms with Crippen LogP contribution in [0, 0.1) is 5.92 Å². The molecule has 3 atom stereocenters. The number of amides is 2. The van der Waals surface area contributed by atoms with E-state index in [1.807, 2.05) is 31.2 Å². The summed E-state index contributed by atoms with van der Waals surface area (Å²) in [5, 5.41) is 9.82. The number of hydrogen-bond donors (Lipinski definition) is 1. The van der Waals surface area contributed by atoms with E-state index in [9.17, 15) is 14.7 Å². The number of fused-ring (bicyclic) bond motifs is 1. The second-order valence-electron chi connectivity index (χ2n) is 8.61. The molecule has 2 aromatic rings. The fraction of sp³-hybridized carbons (Fsp3) is 0.480. The molecular weight excluding hydrogens is 438 g/mol. The third kappa shape index (κ3) is 5.48. The average molecular weight is 472 g/mol. The maximum atomic E-state index is 13.6. The summed E-state index contributed by atoms with van der Waals surface area (Å²) in [6, 6.07) is 8.84. The van der Waals surface area contributed by atoms with E-state index in [2.05, 4.69) is 4.98 Å². The van der Waals surface area contributed by atoms with Crippen LogP contribution in [0.4, 0.5) is 0 Å². The fourth-order valence-corrected chi connectivity index (χ4v) is 3.96. The number of nitrogens with zero attached hydrogens (tertiary/aromatic N) is 3. The molecule has 0 bridgehead atoms. The Hall–Kier alpha value is -3.17. The summed E-state index contributed by atoms with van der Waals surface area (Å²) in [5.41, 5.74) is 1.81. The van der Waals surface area contributed by atoms with Gasteiger partial charge in [-0.3, -0.25) is 9.59 Å². The van der Waals surface area contributed by atoms with Gasteiger partial charge in [-0.25, -0.2) is 4.98 Å². The van der Waals surface area contributed by atoms with Crippen LogP contribution in [0.25, 0.3) is 11.1 Å². The third-order valence-corrected chi connectivity index (χ3v) is 6.09. The minimum atomic E-state index is -0.421. The summed E-state index contributed by atoms with van der Waals surface area (Å²) in [7, 11) is 4.75. The van der Waals surface area contributed by atoms with Crippen LogP contribution in [-0.4, -0.2) is 91.4 Å². The van der Waals surface area contributed by atoms with Crippen molar-refractivity contribution >= 4 is 11.8 Å². The second-order valence-corrected chi connectivity index (χ2v) is 8.61. The summed E-state index contributed by atoms with van der Waals surface area (Å²) >= 11 is 0. The Morgan fingerprint density at radius 2 is 2.06 bits per heavy atom. The number of para-hydroxylation sites is 1. The Morgan fingerprint density at radius 1 is 1.32 bits per heavy atom. The maximum Gasteiger partial charge on any atom is 0.259 e. The van der Waals surface area contributed by atoms with Crippen molar-refractivity contribution < 1.29 is 28.9 Å². The highest BCUT2D eigenvalue weighted by atomic mass is 16.5. The number of pyridine rings is 1. The molecule has 0 spiro atoms. The average Bonchev–Trinajstić information content (AvgIpc) is 2.85. The molecule has 0 unspecified atom stereocenters. The first kappa shape index (κ1) is 25.5. The molecule has 0 saturated heterocycles. The summed E-state index contributed by atoms with van der Waals surface area (Å²) < 4.78 is 16.7. The lowest BCUT2D eigenvalue weighted by Gasteiger charge is -2.37. The van der Waals surface area contributed by atoms with E-state index < -0.39 is 12.1 Å². The van der Waals surface area contributed by atoms with Gasteiger partial charge in [0.05, 0.1) is 26.3 Å². The zero-order valence-corrected chi connectivity index (χ0v) is 20.4. The van der Waals surface area contributed by atoms with E-state index in [4.69, 9.17) is 14.2 Å². The highest BCUT2D eigenvalue weighted by Crippen LogP contribution is 2.34. The van der Waals surface area contributed by atoms with Crippen molar-refractivity contribution in [3.8, 4) is 22.8 Å². The second kappa shape index (κ2) is 11.3. The highest BCUT2D eigenvalue weighted by molar-refractivity contribution is 5.98. The Morgan fingerprint density at radius 3 is 2.74 bits per heavy atom. The van der Waals surface area contributed by atoms with Crippen LogP contribution in [-0.2, 0) is 9.53 Å². The summed E-state index contributed by atoms with van der Waals surface area (Å²) in [5.74, 6) is 0.294. The van der Waals surface area contributed by atoms with E-state index in [0.29, 0.717) is 30.0 Å². The molecule has 1 aliphatic rings. The number of benzene rings is 1. The van der Waals surface area contributed by atoms with Gasteiger partial charge in [0.2, 0.25) is 11.8 Å². The SMILES string of the molecule is COCC(=O)N(C)C[C@H]1Oc2ncc(-c3ccccc3OC)cc2C(=O)N([C@@H](C)CO)C[C@@H]1C. The minimum absolute atomic E-state index is 0.0269. The van der Waals surface area contributed by atoms with Gasteiger partial charge in [0.15, 0.2) is 0 Å². The van der Waals surface area contributed by atoms with Gasteiger partial charge in [0, 0.05) is 43.9 Å². The first-order valence-electron chi connectivity index (χ1n) is 11.3. The number of likely N-dealkylation sites (N-methyl/N-ethyl adjacent to an activating group) is 1. The molecule has 1 aromatic carbocycles. The number of aromatic nitrogens is 1. The molecule has 9 nitrogen and oxygen atoms in total. The molecule has 2 heterocycles. The van der Waals surface area contributed by atoms with Crippen molar-refractivity contribution in [1.29, 1.82) is 0 Å². The lowest BCUT2D eigenvalue weighted by Crippen LogP contribution is -2.50. The van der Waals surface area contributed by atoms with Gasteiger partial charge in [-0.1, -0.05) is 25.1 Å². The topological polar surface area (TPSA) is 101 Å². The molecule has 2 amide bonds. The summed E-state index contributed by atoms with van der Waals surface area (Å²) in [6.07, 6.45) is 1.23. The van der Waals surface area contributed by atoms with E-state index in [1.165, 1.54) is 7.11 Å². The highest BCUT2D eigenvalue weighted by Gasteiger charge is 2.34. The first-order chi connectivity index (χ1) is 16.3. The fourth-order valence-electron chi connectivity index (χ4n) is 3.96. The Labute approximate surface area is 200 Å². The van der Waals surface area contributed by atoms with E-state index >= 15 is 0 Å². The number of carbonyl (C=O) groups is 2. The van der Waals surface area contributed by atoms with Gasteiger partial charge >= 0.3 is 0 Å². The number of methoxy groups -OCH3 is 2. The molecule has 0 saturated carbocycles.